The molecule has 2 aromatic carbocycles. The number of anilines is 1. The normalized spacial score (nSPS) is 14.7. The Morgan fingerprint density at radius 3 is 2.52 bits per heavy atom. The van der Waals surface area contributed by atoms with E-state index in [4.69, 9.17) is 9.72 Å². The molecule has 4 rings (SSSR count). The zero-order valence-corrected chi connectivity index (χ0v) is 18.8. The van der Waals surface area contributed by atoms with E-state index in [1.165, 1.54) is 10.4 Å². The van der Waals surface area contributed by atoms with Gasteiger partial charge in [0, 0.05) is 18.8 Å². The summed E-state index contributed by atoms with van der Waals surface area (Å²) in [5, 5.41) is 2.90. The smallest absolute Gasteiger partial charge is 0.291 e. The highest BCUT2D eigenvalue weighted by atomic mass is 32.2. The fraction of sp³-hybridized carbons (Fsp3) is 0.174. The second-order valence-corrected chi connectivity index (χ2v) is 8.90. The molecule has 1 amide bonds. The summed E-state index contributed by atoms with van der Waals surface area (Å²) < 4.78 is 5.86. The molecule has 0 spiro atoms. The number of nitrogens with zero attached hydrogens (tertiary/aromatic N) is 2. The zero-order valence-electron chi connectivity index (χ0n) is 17.1. The molecule has 31 heavy (non-hydrogen) atoms. The number of ether oxygens (including phenoxy) is 1. The highest BCUT2D eigenvalue weighted by molar-refractivity contribution is 8.27. The molecule has 1 N–H and O–H groups in total. The number of nitrogens with one attached hydrogen (secondary N) is 1. The quantitative estimate of drug-likeness (QED) is 0.512. The van der Waals surface area contributed by atoms with Gasteiger partial charge in [-0.25, -0.2) is 4.98 Å². The number of aromatic nitrogens is 1. The number of amides is 1. The molecule has 1 aromatic heterocycles. The lowest BCUT2D eigenvalue weighted by atomic mass is 10.2. The summed E-state index contributed by atoms with van der Waals surface area (Å²) in [6.45, 7) is 3.25. The number of rotatable bonds is 7. The Hall–Kier alpha value is -3.10. The molecule has 0 unspecified atom stereocenters. The molecule has 0 aliphatic carbocycles. The molecule has 0 radical (unpaired) electrons. The number of benzene rings is 2. The second kappa shape index (κ2) is 9.36. The van der Waals surface area contributed by atoms with Crippen molar-refractivity contribution in [1.82, 2.24) is 10.3 Å². The molecule has 3 aromatic rings. The van der Waals surface area contributed by atoms with E-state index in [0.29, 0.717) is 30.6 Å². The summed E-state index contributed by atoms with van der Waals surface area (Å²) in [4.78, 5) is 30.9. The average Bonchev–Trinajstić information content (AvgIpc) is 3.31. The predicted molar refractivity (Wildman–Crippen MR) is 127 cm³/mol. The van der Waals surface area contributed by atoms with Crippen molar-refractivity contribution in [3.8, 4) is 16.2 Å². The van der Waals surface area contributed by atoms with Gasteiger partial charge < -0.3 is 15.0 Å². The molecule has 0 atom stereocenters. The lowest BCUT2D eigenvalue weighted by Gasteiger charge is -2.16. The summed E-state index contributed by atoms with van der Waals surface area (Å²) >= 11 is 2.35. The lowest BCUT2D eigenvalue weighted by molar-refractivity contribution is -0.107. The molecule has 0 bridgehead atoms. The molecule has 6 nitrogen and oxygen atoms in total. The highest BCUT2D eigenvalue weighted by Crippen LogP contribution is 2.33. The molecule has 8 heteroatoms. The first-order valence-electron chi connectivity index (χ1n) is 9.71. The van der Waals surface area contributed by atoms with Gasteiger partial charge in [-0.1, -0.05) is 53.8 Å². The SMILES string of the molecule is Cc1nc(N(C)CCOc2ccc(C=C3NC(=O)SC3=O)cc2)sc1-c1ccccc1. The maximum atomic E-state index is 11.7. The number of aryl methyl sites for hydroxylation is 1. The van der Waals surface area contributed by atoms with E-state index in [0.717, 1.165) is 22.1 Å². The number of carbonyl (C=O) groups excluding carboxylic acids is 2. The van der Waals surface area contributed by atoms with Crippen LogP contribution in [0.25, 0.3) is 16.5 Å². The monoisotopic (exact) mass is 451 g/mol. The van der Waals surface area contributed by atoms with Crippen LogP contribution in [0.15, 0.2) is 60.3 Å². The maximum absolute atomic E-state index is 11.7. The van der Waals surface area contributed by atoms with E-state index in [1.807, 2.05) is 56.4 Å². The van der Waals surface area contributed by atoms with Gasteiger partial charge in [0.1, 0.15) is 12.4 Å². The highest BCUT2D eigenvalue weighted by Gasteiger charge is 2.25. The standard InChI is InChI=1S/C23H21N3O3S2/c1-15-20(17-6-4-3-5-7-17)30-22(24-15)26(2)12-13-29-18-10-8-16(9-11-18)14-19-21(27)31-23(28)25-19/h3-11,14H,12-13H2,1-2H3,(H,25,28). The van der Waals surface area contributed by atoms with E-state index in [2.05, 4.69) is 22.3 Å². The number of thiazole rings is 1. The molecule has 1 fully saturated rings. The van der Waals surface area contributed by atoms with Gasteiger partial charge in [0.25, 0.3) is 5.24 Å². The van der Waals surface area contributed by atoms with Crippen LogP contribution in [0.4, 0.5) is 9.93 Å². The zero-order chi connectivity index (χ0) is 21.8. The van der Waals surface area contributed by atoms with Gasteiger partial charge in [-0.15, -0.1) is 0 Å². The van der Waals surface area contributed by atoms with Crippen molar-refractivity contribution in [2.45, 2.75) is 6.92 Å². The Morgan fingerprint density at radius 1 is 1.10 bits per heavy atom. The van der Waals surface area contributed by atoms with Crippen LogP contribution >= 0.6 is 23.1 Å². The number of carbonyl (C=O) groups is 2. The third-order valence-electron chi connectivity index (χ3n) is 4.68. The van der Waals surface area contributed by atoms with Crippen molar-refractivity contribution in [3.63, 3.8) is 0 Å². The van der Waals surface area contributed by atoms with Gasteiger partial charge in [0.05, 0.1) is 22.8 Å². The molecule has 1 aliphatic rings. The summed E-state index contributed by atoms with van der Waals surface area (Å²) in [6, 6.07) is 17.7. The van der Waals surface area contributed by atoms with Crippen LogP contribution < -0.4 is 15.0 Å². The Balaban J connectivity index is 1.32. The molecule has 1 aliphatic heterocycles. The third kappa shape index (κ3) is 5.15. The number of hydrogen-bond acceptors (Lipinski definition) is 7. The van der Waals surface area contributed by atoms with Crippen molar-refractivity contribution in [1.29, 1.82) is 0 Å². The van der Waals surface area contributed by atoms with E-state index in [9.17, 15) is 9.59 Å². The summed E-state index contributed by atoms with van der Waals surface area (Å²) in [5.41, 5.74) is 3.33. The summed E-state index contributed by atoms with van der Waals surface area (Å²) in [5.74, 6) is 0.743. The summed E-state index contributed by atoms with van der Waals surface area (Å²) in [7, 11) is 2.01. The van der Waals surface area contributed by atoms with Crippen LogP contribution in [0.1, 0.15) is 11.3 Å². The van der Waals surface area contributed by atoms with Gasteiger partial charge in [-0.2, -0.15) is 0 Å². The first-order valence-corrected chi connectivity index (χ1v) is 11.3. The molecule has 1 saturated heterocycles. The lowest BCUT2D eigenvalue weighted by Crippen LogP contribution is -2.23. The second-order valence-electron chi connectivity index (χ2n) is 6.98. The Bertz CT molecular complexity index is 1120. The van der Waals surface area contributed by atoms with E-state index in [1.54, 1.807) is 17.4 Å². The fourth-order valence-corrected chi connectivity index (χ4v) is 4.66. The molecule has 0 saturated carbocycles. The van der Waals surface area contributed by atoms with Gasteiger partial charge in [0.2, 0.25) is 5.12 Å². The molecule has 158 valence electrons. The van der Waals surface area contributed by atoms with Gasteiger partial charge in [-0.05, 0) is 36.3 Å². The number of likely N-dealkylation sites (N-methyl/N-ethyl adjacent to an activating group) is 1. The van der Waals surface area contributed by atoms with Crippen LogP contribution in [0.3, 0.4) is 0 Å². The first-order chi connectivity index (χ1) is 15.0. The Labute approximate surface area is 188 Å². The van der Waals surface area contributed by atoms with Crippen LogP contribution in [0, 0.1) is 6.92 Å². The topological polar surface area (TPSA) is 71.5 Å². The predicted octanol–water partition coefficient (Wildman–Crippen LogP) is 4.96. The van der Waals surface area contributed by atoms with Crippen molar-refractivity contribution in [2.24, 2.45) is 0 Å². The van der Waals surface area contributed by atoms with E-state index >= 15 is 0 Å². The van der Waals surface area contributed by atoms with E-state index in [-0.39, 0.29) is 10.4 Å². The summed E-state index contributed by atoms with van der Waals surface area (Å²) in [6.07, 6.45) is 1.66. The average molecular weight is 452 g/mol. The molecular formula is C23H21N3O3S2. The minimum Gasteiger partial charge on any atom is -0.492 e. The minimum absolute atomic E-state index is 0.263. The number of hydrogen-bond donors (Lipinski definition) is 1. The van der Waals surface area contributed by atoms with Crippen LogP contribution in [-0.4, -0.2) is 35.5 Å². The van der Waals surface area contributed by atoms with Crippen molar-refractivity contribution >= 4 is 44.7 Å². The van der Waals surface area contributed by atoms with Crippen molar-refractivity contribution in [3.05, 3.63) is 71.6 Å². The minimum atomic E-state index is -0.341. The first kappa shape index (κ1) is 21.1. The number of thioether (sulfide) groups is 1. The molecule has 2 heterocycles. The van der Waals surface area contributed by atoms with Gasteiger partial charge in [-0.3, -0.25) is 9.59 Å². The van der Waals surface area contributed by atoms with E-state index < -0.39 is 0 Å². The van der Waals surface area contributed by atoms with Crippen LogP contribution in [0.2, 0.25) is 0 Å². The van der Waals surface area contributed by atoms with Crippen molar-refractivity contribution < 1.29 is 14.3 Å². The Morgan fingerprint density at radius 2 is 1.84 bits per heavy atom. The van der Waals surface area contributed by atoms with Gasteiger partial charge >= 0.3 is 0 Å². The van der Waals surface area contributed by atoms with Crippen LogP contribution in [0.5, 0.6) is 5.75 Å². The van der Waals surface area contributed by atoms with Crippen molar-refractivity contribution in [2.75, 3.05) is 25.1 Å². The fourth-order valence-electron chi connectivity index (χ4n) is 3.05. The largest absolute Gasteiger partial charge is 0.492 e. The van der Waals surface area contributed by atoms with Gasteiger partial charge in [0.15, 0.2) is 5.13 Å². The maximum Gasteiger partial charge on any atom is 0.291 e. The Kier molecular flexibility index (Phi) is 6.39. The molecular weight excluding hydrogens is 430 g/mol. The third-order valence-corrected chi connectivity index (χ3v) is 6.69. The van der Waals surface area contributed by atoms with Crippen LogP contribution in [-0.2, 0) is 4.79 Å².